The summed E-state index contributed by atoms with van der Waals surface area (Å²) in [6.07, 6.45) is 11.2. The third-order valence-corrected chi connectivity index (χ3v) is 11.2. The summed E-state index contributed by atoms with van der Waals surface area (Å²) < 4.78 is 6.73. The van der Waals surface area contributed by atoms with E-state index in [4.69, 9.17) is 10.5 Å². The fourth-order valence-corrected chi connectivity index (χ4v) is 8.98. The quantitative estimate of drug-likeness (QED) is 0.148. The number of H-pyrrole nitrogens is 1. The highest BCUT2D eigenvalue weighted by Crippen LogP contribution is 2.69. The summed E-state index contributed by atoms with van der Waals surface area (Å²) in [6.45, 7) is 5.04. The summed E-state index contributed by atoms with van der Waals surface area (Å²) in [5.74, 6) is 2.20. The van der Waals surface area contributed by atoms with Gasteiger partial charge in [0.15, 0.2) is 17.6 Å². The van der Waals surface area contributed by atoms with Gasteiger partial charge in [0.2, 0.25) is 0 Å². The van der Waals surface area contributed by atoms with Crippen LogP contribution in [-0.4, -0.2) is 57.2 Å². The zero-order valence-electron chi connectivity index (χ0n) is 24.8. The third-order valence-electron chi connectivity index (χ3n) is 11.2. The van der Waals surface area contributed by atoms with Gasteiger partial charge in [-0.15, -0.1) is 0 Å². The minimum absolute atomic E-state index is 0.0299. The van der Waals surface area contributed by atoms with Crippen molar-refractivity contribution in [3.05, 3.63) is 58.3 Å². The van der Waals surface area contributed by atoms with Gasteiger partial charge < -0.3 is 25.7 Å². The standard InChI is InChI=1S/C35H44N4O3/c1-2-3-4-5-6-14-37-29(36)17-22-9-11-26-24(16-22)25-19-35(41)28-18-23-10-12-27(40)32-30(23)34(35,33(42-32)31(25)38-26)13-15-39(28)20-21-7-8-21/h9-12,16,21,28,33,38,40-41H,2-8,13-15,17-20H2,1H3,(H2,36,37)/t28?,33-,34-,35+/m0/s1. The van der Waals surface area contributed by atoms with Crippen molar-refractivity contribution in [1.82, 2.24) is 9.88 Å². The number of rotatable bonds is 10. The first-order valence-electron chi connectivity index (χ1n) is 16.3. The van der Waals surface area contributed by atoms with Crippen molar-refractivity contribution in [1.29, 1.82) is 0 Å². The van der Waals surface area contributed by atoms with E-state index >= 15 is 0 Å². The maximum Gasteiger partial charge on any atom is 0.166 e. The third kappa shape index (κ3) is 3.82. The molecule has 2 bridgehead atoms. The Morgan fingerprint density at radius 1 is 1.17 bits per heavy atom. The molecule has 5 aliphatic rings. The molecular formula is C35H44N4O3. The van der Waals surface area contributed by atoms with E-state index in [9.17, 15) is 10.2 Å². The van der Waals surface area contributed by atoms with Crippen molar-refractivity contribution in [2.24, 2.45) is 16.6 Å². The number of hydrogen-bond acceptors (Lipinski definition) is 5. The summed E-state index contributed by atoms with van der Waals surface area (Å²) in [7, 11) is 0. The van der Waals surface area contributed by atoms with Crippen LogP contribution in [0.25, 0.3) is 10.9 Å². The van der Waals surface area contributed by atoms with Crippen LogP contribution in [0.3, 0.4) is 0 Å². The number of nitrogens with two attached hydrogens (primary N) is 1. The maximum absolute atomic E-state index is 13.1. The van der Waals surface area contributed by atoms with Gasteiger partial charge in [-0.25, -0.2) is 0 Å². The summed E-state index contributed by atoms with van der Waals surface area (Å²) in [5, 5.41) is 25.1. The molecule has 1 aromatic heterocycles. The number of hydrogen-bond donors (Lipinski definition) is 4. The molecule has 0 amide bonds. The molecule has 1 saturated heterocycles. The first kappa shape index (κ1) is 26.6. The van der Waals surface area contributed by atoms with Crippen LogP contribution in [-0.2, 0) is 24.7 Å². The fraction of sp³-hybridized carbons (Fsp3) is 0.571. The number of likely N-dealkylation sites (tertiary alicyclic amines) is 1. The lowest BCUT2D eigenvalue weighted by atomic mass is 9.49. The van der Waals surface area contributed by atoms with Crippen LogP contribution >= 0.6 is 0 Å². The van der Waals surface area contributed by atoms with Gasteiger partial charge in [-0.05, 0) is 79.5 Å². The Labute approximate surface area is 248 Å². The number of aromatic hydroxyl groups is 1. The monoisotopic (exact) mass is 568 g/mol. The van der Waals surface area contributed by atoms with Crippen molar-refractivity contribution in [3.8, 4) is 11.5 Å². The van der Waals surface area contributed by atoms with E-state index in [1.165, 1.54) is 44.1 Å². The van der Waals surface area contributed by atoms with Crippen molar-refractivity contribution in [3.63, 3.8) is 0 Å². The number of ether oxygens (including phenoxy) is 1. The van der Waals surface area contributed by atoms with Crippen LogP contribution in [0, 0.1) is 5.92 Å². The van der Waals surface area contributed by atoms with Crippen LogP contribution in [0.2, 0.25) is 0 Å². The minimum atomic E-state index is -0.979. The molecular weight excluding hydrogens is 524 g/mol. The number of piperidine rings is 1. The molecule has 3 aliphatic carbocycles. The van der Waals surface area contributed by atoms with E-state index in [2.05, 4.69) is 46.1 Å². The summed E-state index contributed by atoms with van der Waals surface area (Å²) in [5.41, 5.74) is 11.5. The molecule has 0 radical (unpaired) electrons. The average Bonchev–Trinajstić information content (AvgIpc) is 3.62. The number of aliphatic imine (C=N–C) groups is 1. The van der Waals surface area contributed by atoms with E-state index < -0.39 is 11.0 Å². The Hall–Kier alpha value is -3.03. The van der Waals surface area contributed by atoms with Crippen LogP contribution in [0.4, 0.5) is 0 Å². The Bertz CT molecular complexity index is 1570. The highest BCUT2D eigenvalue weighted by Gasteiger charge is 2.72. The number of unbranched alkanes of at least 4 members (excludes halogenated alkanes) is 4. The zero-order valence-corrected chi connectivity index (χ0v) is 24.8. The molecule has 1 spiro atoms. The van der Waals surface area contributed by atoms with E-state index in [0.29, 0.717) is 24.4 Å². The van der Waals surface area contributed by atoms with Gasteiger partial charge in [0, 0.05) is 48.4 Å². The normalized spacial score (nSPS) is 29.4. The SMILES string of the molecule is CCCCCCCN=C(N)Cc1ccc2[nH]c3c(c2c1)C[C@@]1(O)C2Cc4ccc(O)c5c4[C@@]1(CCN2CC1CC1)[C@H]3O5. The Kier molecular flexibility index (Phi) is 6.17. The summed E-state index contributed by atoms with van der Waals surface area (Å²) >= 11 is 0. The smallest absolute Gasteiger partial charge is 0.166 e. The second kappa shape index (κ2) is 9.75. The molecule has 7 heteroatoms. The van der Waals surface area contributed by atoms with Crippen LogP contribution in [0.5, 0.6) is 11.5 Å². The van der Waals surface area contributed by atoms with Gasteiger partial charge in [-0.1, -0.05) is 44.7 Å². The highest BCUT2D eigenvalue weighted by molar-refractivity contribution is 5.89. The largest absolute Gasteiger partial charge is 0.504 e. The molecule has 7 nitrogen and oxygen atoms in total. The molecule has 1 unspecified atom stereocenters. The molecule has 3 heterocycles. The first-order chi connectivity index (χ1) is 20.4. The molecule has 5 N–H and O–H groups in total. The Balaban J connectivity index is 1.16. The van der Waals surface area contributed by atoms with E-state index in [1.54, 1.807) is 6.07 Å². The zero-order chi connectivity index (χ0) is 28.6. The fourth-order valence-electron chi connectivity index (χ4n) is 8.98. The Morgan fingerprint density at radius 3 is 2.86 bits per heavy atom. The number of nitrogens with zero attached hydrogens (tertiary/aromatic N) is 2. The average molecular weight is 569 g/mol. The van der Waals surface area contributed by atoms with Gasteiger partial charge >= 0.3 is 0 Å². The molecule has 222 valence electrons. The number of phenolic OH excluding ortho intramolecular Hbond substituents is 1. The van der Waals surface area contributed by atoms with E-state index in [0.717, 1.165) is 78.1 Å². The number of amidine groups is 1. The number of aromatic amines is 1. The molecule has 1 saturated carbocycles. The van der Waals surface area contributed by atoms with Crippen molar-refractivity contribution >= 4 is 16.7 Å². The highest BCUT2D eigenvalue weighted by atomic mass is 16.5. The first-order valence-corrected chi connectivity index (χ1v) is 16.3. The molecule has 2 aliphatic heterocycles. The molecule has 8 rings (SSSR count). The molecule has 2 fully saturated rings. The number of nitrogens with one attached hydrogen (secondary N) is 1. The van der Waals surface area contributed by atoms with Crippen molar-refractivity contribution < 1.29 is 14.9 Å². The predicted molar refractivity (Wildman–Crippen MR) is 165 cm³/mol. The lowest BCUT2D eigenvalue weighted by Gasteiger charge is -2.62. The molecule has 4 atom stereocenters. The van der Waals surface area contributed by atoms with Crippen molar-refractivity contribution in [2.75, 3.05) is 19.6 Å². The topological polar surface area (TPSA) is 107 Å². The van der Waals surface area contributed by atoms with Crippen molar-refractivity contribution in [2.45, 2.75) is 101 Å². The number of benzene rings is 2. The van der Waals surface area contributed by atoms with Gasteiger partial charge in [-0.2, -0.15) is 0 Å². The number of phenols is 1. The number of fused-ring (bicyclic) bond motifs is 4. The minimum Gasteiger partial charge on any atom is -0.504 e. The molecule has 42 heavy (non-hydrogen) atoms. The number of aromatic nitrogens is 1. The lowest BCUT2D eigenvalue weighted by molar-refractivity contribution is -0.173. The summed E-state index contributed by atoms with van der Waals surface area (Å²) in [6, 6.07) is 10.4. The summed E-state index contributed by atoms with van der Waals surface area (Å²) in [4.78, 5) is 11.0. The van der Waals surface area contributed by atoms with E-state index in [1.807, 2.05) is 0 Å². The van der Waals surface area contributed by atoms with Gasteiger partial charge in [-0.3, -0.25) is 9.89 Å². The number of aliphatic hydroxyl groups is 1. The van der Waals surface area contributed by atoms with Gasteiger partial charge in [0.1, 0.15) is 0 Å². The Morgan fingerprint density at radius 2 is 2.02 bits per heavy atom. The van der Waals surface area contributed by atoms with E-state index in [-0.39, 0.29) is 17.9 Å². The van der Waals surface area contributed by atoms with Gasteiger partial charge in [0.05, 0.1) is 22.5 Å². The van der Waals surface area contributed by atoms with Gasteiger partial charge in [0.25, 0.3) is 0 Å². The second-order valence-corrected chi connectivity index (χ2v) is 13.8. The maximum atomic E-state index is 13.1. The predicted octanol–water partition coefficient (Wildman–Crippen LogP) is 5.44. The van der Waals surface area contributed by atoms with Crippen LogP contribution in [0.1, 0.15) is 92.3 Å². The van der Waals surface area contributed by atoms with Crippen LogP contribution in [0.15, 0.2) is 35.3 Å². The van der Waals surface area contributed by atoms with Crippen LogP contribution < -0.4 is 10.5 Å². The lowest BCUT2D eigenvalue weighted by Crippen LogP contribution is -2.74. The molecule has 2 aromatic carbocycles. The second-order valence-electron chi connectivity index (χ2n) is 13.8. The molecule has 3 aromatic rings.